The molecular weight excluding hydrogens is 560 g/mol. The van der Waals surface area contributed by atoms with Gasteiger partial charge in [0.05, 0.1) is 10.9 Å². The van der Waals surface area contributed by atoms with Crippen molar-refractivity contribution in [2.75, 3.05) is 42.1 Å². The summed E-state index contributed by atoms with van der Waals surface area (Å²) in [5, 5.41) is 12.0. The zero-order valence-corrected chi connectivity index (χ0v) is 22.2. The lowest BCUT2D eigenvalue weighted by atomic mass is 10.1. The van der Waals surface area contributed by atoms with Gasteiger partial charge in [0.15, 0.2) is 0 Å². The predicted octanol–water partition coefficient (Wildman–Crippen LogP) is 5.05. The van der Waals surface area contributed by atoms with E-state index in [0.717, 1.165) is 43.8 Å². The van der Waals surface area contributed by atoms with E-state index in [4.69, 9.17) is 0 Å². The minimum absolute atomic E-state index is 0.107. The molecule has 1 fully saturated rings. The molecule has 0 saturated carbocycles. The highest BCUT2D eigenvalue weighted by atomic mass is 79.9. The number of carbonyl (C=O) groups is 2. The monoisotopic (exact) mass is 587 g/mol. The van der Waals surface area contributed by atoms with Crippen LogP contribution in [0, 0.1) is 11.6 Å². The Labute approximate surface area is 227 Å². The minimum atomic E-state index is -0.738. The summed E-state index contributed by atoms with van der Waals surface area (Å²) in [6.45, 7) is 2.43. The molecule has 12 heteroatoms. The number of amides is 3. The standard InChI is InChI=1S/C26H28BrF2N7O2/c27-21-16-32-25(33-19-5-3-6-20(15-19)34-26(38)36-11-1-2-12-36)35-24(21)31-10-4-9-30-23(37)13-17-7-8-18(28)14-22(17)29/h3,5-8,14-16H,1-2,4,9-13H2,(H,30,37)(H,34,38)(H2,31,32,33,35). The molecule has 1 aliphatic rings. The summed E-state index contributed by atoms with van der Waals surface area (Å²) >= 11 is 3.43. The molecule has 3 aromatic rings. The first kappa shape index (κ1) is 27.2. The van der Waals surface area contributed by atoms with Gasteiger partial charge in [-0.05, 0) is 65.0 Å². The highest BCUT2D eigenvalue weighted by molar-refractivity contribution is 9.10. The molecule has 0 aliphatic carbocycles. The lowest BCUT2D eigenvalue weighted by Gasteiger charge is -2.16. The second-order valence-electron chi connectivity index (χ2n) is 8.76. The Bertz CT molecular complexity index is 1290. The van der Waals surface area contributed by atoms with Gasteiger partial charge in [-0.1, -0.05) is 12.1 Å². The second kappa shape index (κ2) is 13.1. The fourth-order valence-corrected chi connectivity index (χ4v) is 4.23. The molecule has 1 aromatic heterocycles. The maximum atomic E-state index is 13.7. The van der Waals surface area contributed by atoms with E-state index in [1.807, 2.05) is 24.3 Å². The Hall–Kier alpha value is -3.80. The predicted molar refractivity (Wildman–Crippen MR) is 145 cm³/mol. The SMILES string of the molecule is O=C(Cc1ccc(F)cc1F)NCCCNc1nc(Nc2cccc(NC(=O)N3CCCC3)c2)ncc1Br. The van der Waals surface area contributed by atoms with Crippen LogP contribution in [0.1, 0.15) is 24.8 Å². The van der Waals surface area contributed by atoms with Crippen molar-refractivity contribution < 1.29 is 18.4 Å². The highest BCUT2D eigenvalue weighted by Gasteiger charge is 2.18. The Morgan fingerprint density at radius 1 is 1.03 bits per heavy atom. The van der Waals surface area contributed by atoms with Crippen LogP contribution in [0.2, 0.25) is 0 Å². The van der Waals surface area contributed by atoms with Crippen LogP contribution in [0.15, 0.2) is 53.1 Å². The van der Waals surface area contributed by atoms with Crippen molar-refractivity contribution in [1.82, 2.24) is 20.2 Å². The van der Waals surface area contributed by atoms with E-state index in [1.54, 1.807) is 11.1 Å². The zero-order chi connectivity index (χ0) is 26.9. The number of rotatable bonds is 10. The molecule has 1 aliphatic heterocycles. The van der Waals surface area contributed by atoms with Crippen LogP contribution in [0.5, 0.6) is 0 Å². The fourth-order valence-electron chi connectivity index (χ4n) is 3.90. The van der Waals surface area contributed by atoms with Crippen molar-refractivity contribution in [2.24, 2.45) is 0 Å². The number of aromatic nitrogens is 2. The summed E-state index contributed by atoms with van der Waals surface area (Å²) in [6.07, 6.45) is 4.11. The summed E-state index contributed by atoms with van der Waals surface area (Å²) in [4.78, 5) is 35.0. The molecule has 4 N–H and O–H groups in total. The molecule has 4 rings (SSSR count). The number of halogens is 3. The average molecular weight is 588 g/mol. The molecule has 0 unspecified atom stereocenters. The van der Waals surface area contributed by atoms with Gasteiger partial charge in [-0.15, -0.1) is 0 Å². The van der Waals surface area contributed by atoms with Crippen LogP contribution in [0.25, 0.3) is 0 Å². The second-order valence-corrected chi connectivity index (χ2v) is 9.62. The molecule has 0 atom stereocenters. The van der Waals surface area contributed by atoms with Crippen LogP contribution in [0.4, 0.5) is 36.7 Å². The summed E-state index contributed by atoms with van der Waals surface area (Å²) in [5.41, 5.74) is 1.54. The molecule has 2 aromatic carbocycles. The molecular formula is C26H28BrF2N7O2. The maximum Gasteiger partial charge on any atom is 0.321 e. The van der Waals surface area contributed by atoms with Gasteiger partial charge in [0.2, 0.25) is 11.9 Å². The molecule has 1 saturated heterocycles. The lowest BCUT2D eigenvalue weighted by Crippen LogP contribution is -2.32. The summed E-state index contributed by atoms with van der Waals surface area (Å²) < 4.78 is 27.4. The van der Waals surface area contributed by atoms with Crippen molar-refractivity contribution in [3.63, 3.8) is 0 Å². The molecule has 2 heterocycles. The van der Waals surface area contributed by atoms with Gasteiger partial charge in [-0.3, -0.25) is 4.79 Å². The van der Waals surface area contributed by atoms with Gasteiger partial charge in [-0.2, -0.15) is 4.98 Å². The van der Waals surface area contributed by atoms with E-state index >= 15 is 0 Å². The zero-order valence-electron chi connectivity index (χ0n) is 20.6. The van der Waals surface area contributed by atoms with E-state index in [2.05, 4.69) is 47.2 Å². The Morgan fingerprint density at radius 2 is 1.82 bits per heavy atom. The number of hydrogen-bond donors (Lipinski definition) is 4. The maximum absolute atomic E-state index is 13.7. The van der Waals surface area contributed by atoms with Crippen LogP contribution in [-0.2, 0) is 11.2 Å². The average Bonchev–Trinajstić information content (AvgIpc) is 3.43. The van der Waals surface area contributed by atoms with Crippen molar-refractivity contribution in [2.45, 2.75) is 25.7 Å². The topological polar surface area (TPSA) is 111 Å². The Morgan fingerprint density at radius 3 is 2.61 bits per heavy atom. The van der Waals surface area contributed by atoms with E-state index in [1.165, 1.54) is 6.07 Å². The molecule has 0 bridgehead atoms. The fraction of sp³-hybridized carbons (Fsp3) is 0.308. The largest absolute Gasteiger partial charge is 0.369 e. The molecule has 3 amide bonds. The summed E-state index contributed by atoms with van der Waals surface area (Å²) in [7, 11) is 0. The molecule has 200 valence electrons. The normalized spacial score (nSPS) is 12.8. The van der Waals surface area contributed by atoms with Gasteiger partial charge in [0, 0.05) is 49.8 Å². The van der Waals surface area contributed by atoms with Gasteiger partial charge in [-0.25, -0.2) is 18.6 Å². The first-order valence-electron chi connectivity index (χ1n) is 12.3. The summed E-state index contributed by atoms with van der Waals surface area (Å²) in [6, 6.07) is 10.4. The van der Waals surface area contributed by atoms with Gasteiger partial charge in [0.25, 0.3) is 0 Å². The van der Waals surface area contributed by atoms with E-state index in [9.17, 15) is 18.4 Å². The lowest BCUT2D eigenvalue weighted by molar-refractivity contribution is -0.120. The highest BCUT2D eigenvalue weighted by Crippen LogP contribution is 2.23. The van der Waals surface area contributed by atoms with Crippen molar-refractivity contribution in [3.05, 3.63) is 70.3 Å². The number of anilines is 4. The number of hydrogen-bond acceptors (Lipinski definition) is 6. The first-order chi connectivity index (χ1) is 18.4. The Kier molecular flexibility index (Phi) is 9.41. The first-order valence-corrected chi connectivity index (χ1v) is 13.1. The number of urea groups is 1. The number of likely N-dealkylation sites (tertiary alicyclic amines) is 1. The molecule has 38 heavy (non-hydrogen) atoms. The third-order valence-electron chi connectivity index (χ3n) is 5.84. The van der Waals surface area contributed by atoms with Gasteiger partial charge >= 0.3 is 6.03 Å². The van der Waals surface area contributed by atoms with Crippen molar-refractivity contribution >= 4 is 51.0 Å². The van der Waals surface area contributed by atoms with Crippen LogP contribution < -0.4 is 21.3 Å². The smallest absolute Gasteiger partial charge is 0.321 e. The van der Waals surface area contributed by atoms with Crippen LogP contribution >= 0.6 is 15.9 Å². The third-order valence-corrected chi connectivity index (χ3v) is 6.42. The number of nitrogens with one attached hydrogen (secondary N) is 4. The minimum Gasteiger partial charge on any atom is -0.369 e. The number of nitrogens with zero attached hydrogens (tertiary/aromatic N) is 3. The quantitative estimate of drug-likeness (QED) is 0.247. The molecule has 9 nitrogen and oxygen atoms in total. The van der Waals surface area contributed by atoms with E-state index in [0.29, 0.717) is 41.4 Å². The Balaban J connectivity index is 1.23. The van der Waals surface area contributed by atoms with Crippen LogP contribution in [0.3, 0.4) is 0 Å². The number of carbonyl (C=O) groups excluding carboxylic acids is 2. The third kappa shape index (κ3) is 7.85. The van der Waals surface area contributed by atoms with Crippen LogP contribution in [-0.4, -0.2) is 53.0 Å². The number of benzene rings is 2. The van der Waals surface area contributed by atoms with Crippen molar-refractivity contribution in [1.29, 1.82) is 0 Å². The van der Waals surface area contributed by atoms with Gasteiger partial charge < -0.3 is 26.2 Å². The van der Waals surface area contributed by atoms with E-state index < -0.39 is 11.6 Å². The van der Waals surface area contributed by atoms with E-state index in [-0.39, 0.29) is 23.9 Å². The molecule has 0 radical (unpaired) electrons. The summed E-state index contributed by atoms with van der Waals surface area (Å²) in [5.74, 6) is -0.821. The van der Waals surface area contributed by atoms with Gasteiger partial charge in [0.1, 0.15) is 17.5 Å². The van der Waals surface area contributed by atoms with Crippen molar-refractivity contribution in [3.8, 4) is 0 Å². The molecule has 0 spiro atoms.